The predicted octanol–water partition coefficient (Wildman–Crippen LogP) is 5.07. The van der Waals surface area contributed by atoms with E-state index in [1.807, 2.05) is 37.3 Å². The zero-order valence-corrected chi connectivity index (χ0v) is 25.5. The molecule has 0 spiro atoms. The number of benzene rings is 2. The van der Waals surface area contributed by atoms with Crippen LogP contribution in [-0.2, 0) is 6.54 Å². The van der Waals surface area contributed by atoms with E-state index in [0.29, 0.717) is 35.7 Å². The molecule has 3 fully saturated rings. The predicted molar refractivity (Wildman–Crippen MR) is 169 cm³/mol. The molecule has 3 aromatic rings. The number of likely N-dealkylation sites (tertiary alicyclic amines) is 1. The number of hydrogen-bond donors (Lipinski definition) is 2. The molecule has 3 aliphatic rings. The Bertz CT molecular complexity index is 1420. The maximum absolute atomic E-state index is 13.1. The fourth-order valence-electron chi connectivity index (χ4n) is 7.22. The number of hydrogen-bond acceptors (Lipinski definition) is 6. The van der Waals surface area contributed by atoms with Crippen LogP contribution in [-0.4, -0.2) is 67.1 Å². The molecule has 2 aromatic carbocycles. The van der Waals surface area contributed by atoms with Gasteiger partial charge in [0.1, 0.15) is 11.6 Å². The van der Waals surface area contributed by atoms with Gasteiger partial charge in [0.05, 0.1) is 12.7 Å². The van der Waals surface area contributed by atoms with Gasteiger partial charge in [-0.2, -0.15) is 0 Å². The lowest BCUT2D eigenvalue weighted by molar-refractivity contribution is 0.0923. The second-order valence-electron chi connectivity index (χ2n) is 12.5. The molecule has 2 N–H and O–H groups in total. The lowest BCUT2D eigenvalue weighted by atomic mass is 9.89. The molecule has 6 rings (SSSR count). The Kier molecular flexibility index (Phi) is 8.66. The van der Waals surface area contributed by atoms with E-state index in [-0.39, 0.29) is 17.9 Å². The van der Waals surface area contributed by atoms with Crippen LogP contribution in [0.2, 0.25) is 0 Å². The normalized spacial score (nSPS) is 22.3. The van der Waals surface area contributed by atoms with Crippen molar-refractivity contribution in [2.45, 2.75) is 76.0 Å². The average Bonchev–Trinajstić information content (AvgIpc) is 3.30. The number of piperidine rings is 2. The first-order valence-corrected chi connectivity index (χ1v) is 15.6. The van der Waals surface area contributed by atoms with Gasteiger partial charge in [-0.25, -0.2) is 4.98 Å². The van der Waals surface area contributed by atoms with E-state index in [0.717, 1.165) is 61.5 Å². The summed E-state index contributed by atoms with van der Waals surface area (Å²) < 4.78 is 5.40. The lowest BCUT2D eigenvalue weighted by Gasteiger charge is -2.40. The Morgan fingerprint density at radius 3 is 2.30 bits per heavy atom. The van der Waals surface area contributed by atoms with Crippen molar-refractivity contribution in [3.63, 3.8) is 0 Å². The SMILES string of the molecule is COc1cccc(C(=O)NC2CC3CCC(C2)N3c2ccc(C(=O)NCc3ccc(C4CCN(C)CC4)cc3)cn2)c1C. The molecule has 2 unspecified atom stereocenters. The summed E-state index contributed by atoms with van der Waals surface area (Å²) >= 11 is 0. The molecule has 0 radical (unpaired) electrons. The number of fused-ring (bicyclic) bond motifs is 2. The van der Waals surface area contributed by atoms with Crippen molar-refractivity contribution in [3.05, 3.63) is 88.6 Å². The van der Waals surface area contributed by atoms with E-state index >= 15 is 0 Å². The minimum atomic E-state index is -0.115. The van der Waals surface area contributed by atoms with Crippen molar-refractivity contribution in [1.82, 2.24) is 20.5 Å². The van der Waals surface area contributed by atoms with Crippen LogP contribution in [0.25, 0.3) is 0 Å². The number of aromatic nitrogens is 1. The van der Waals surface area contributed by atoms with E-state index in [1.165, 1.54) is 18.4 Å². The van der Waals surface area contributed by atoms with Crippen LogP contribution in [0.4, 0.5) is 5.82 Å². The van der Waals surface area contributed by atoms with E-state index in [2.05, 4.69) is 51.7 Å². The van der Waals surface area contributed by atoms with Crippen molar-refractivity contribution in [2.24, 2.45) is 0 Å². The number of anilines is 1. The topological polar surface area (TPSA) is 86.8 Å². The van der Waals surface area contributed by atoms with Crippen LogP contribution in [0.1, 0.15) is 81.8 Å². The van der Waals surface area contributed by atoms with Gasteiger partial charge < -0.3 is 25.2 Å². The zero-order chi connectivity index (χ0) is 29.9. The van der Waals surface area contributed by atoms with Crippen LogP contribution < -0.4 is 20.3 Å². The van der Waals surface area contributed by atoms with Gasteiger partial charge in [0, 0.05) is 42.0 Å². The number of amides is 2. The van der Waals surface area contributed by atoms with E-state index in [1.54, 1.807) is 13.3 Å². The third-order valence-electron chi connectivity index (χ3n) is 9.71. The molecule has 3 aliphatic heterocycles. The third-order valence-corrected chi connectivity index (χ3v) is 9.71. The summed E-state index contributed by atoms with van der Waals surface area (Å²) in [4.78, 5) is 35.5. The van der Waals surface area contributed by atoms with Crippen molar-refractivity contribution in [2.75, 3.05) is 32.1 Å². The van der Waals surface area contributed by atoms with Gasteiger partial charge in [-0.1, -0.05) is 30.3 Å². The molecule has 2 bridgehead atoms. The molecule has 43 heavy (non-hydrogen) atoms. The smallest absolute Gasteiger partial charge is 0.253 e. The lowest BCUT2D eigenvalue weighted by Crippen LogP contribution is -2.50. The summed E-state index contributed by atoms with van der Waals surface area (Å²) in [7, 11) is 3.81. The zero-order valence-electron chi connectivity index (χ0n) is 25.5. The van der Waals surface area contributed by atoms with Gasteiger partial charge in [-0.3, -0.25) is 9.59 Å². The molecule has 2 atom stereocenters. The molecule has 1 aromatic heterocycles. The van der Waals surface area contributed by atoms with Gasteiger partial charge in [-0.05, 0) is 107 Å². The first-order chi connectivity index (χ1) is 20.9. The highest BCUT2D eigenvalue weighted by Crippen LogP contribution is 2.39. The number of nitrogens with zero attached hydrogens (tertiary/aromatic N) is 3. The summed E-state index contributed by atoms with van der Waals surface area (Å²) in [6.07, 6.45) is 8.01. The monoisotopic (exact) mass is 581 g/mol. The molecule has 2 amide bonds. The highest BCUT2D eigenvalue weighted by Gasteiger charge is 2.42. The van der Waals surface area contributed by atoms with Crippen LogP contribution in [0.5, 0.6) is 5.75 Å². The quantitative estimate of drug-likeness (QED) is 0.387. The highest BCUT2D eigenvalue weighted by atomic mass is 16.5. The molecule has 8 heteroatoms. The standard InChI is InChI=1S/C35H43N5O3/c1-23-31(5-4-6-32(23)43-3)35(42)38-28-19-29-12-13-30(20-28)40(29)33-14-11-27(22-36-33)34(41)37-21-24-7-9-25(10-8-24)26-15-17-39(2)18-16-26/h4-11,14,22,26,28-30H,12-13,15-21H2,1-3H3,(H,37,41)(H,38,42). The number of carbonyl (C=O) groups is 2. The maximum Gasteiger partial charge on any atom is 0.253 e. The molecule has 4 heterocycles. The molecule has 8 nitrogen and oxygen atoms in total. The van der Waals surface area contributed by atoms with Crippen molar-refractivity contribution < 1.29 is 14.3 Å². The van der Waals surface area contributed by atoms with Gasteiger partial charge in [0.15, 0.2) is 0 Å². The summed E-state index contributed by atoms with van der Waals surface area (Å²) in [6, 6.07) is 18.9. The molecule has 3 saturated heterocycles. The molecule has 0 saturated carbocycles. The number of pyridine rings is 1. The molecule has 0 aliphatic carbocycles. The van der Waals surface area contributed by atoms with Crippen LogP contribution in [0.3, 0.4) is 0 Å². The van der Waals surface area contributed by atoms with Crippen molar-refractivity contribution in [3.8, 4) is 5.75 Å². The van der Waals surface area contributed by atoms with Crippen molar-refractivity contribution >= 4 is 17.6 Å². The second kappa shape index (κ2) is 12.8. The Morgan fingerprint density at radius 2 is 1.65 bits per heavy atom. The Morgan fingerprint density at radius 1 is 0.930 bits per heavy atom. The Balaban J connectivity index is 1.01. The van der Waals surface area contributed by atoms with E-state index in [4.69, 9.17) is 9.72 Å². The highest BCUT2D eigenvalue weighted by molar-refractivity contribution is 5.96. The fourth-order valence-corrected chi connectivity index (χ4v) is 7.22. The van der Waals surface area contributed by atoms with Crippen LogP contribution >= 0.6 is 0 Å². The van der Waals surface area contributed by atoms with Gasteiger partial charge >= 0.3 is 0 Å². The number of ether oxygens (including phenoxy) is 1. The summed E-state index contributed by atoms with van der Waals surface area (Å²) in [5.41, 5.74) is 4.58. The second-order valence-corrected chi connectivity index (χ2v) is 12.5. The summed E-state index contributed by atoms with van der Waals surface area (Å²) in [5, 5.41) is 6.33. The van der Waals surface area contributed by atoms with Gasteiger partial charge in [0.25, 0.3) is 11.8 Å². The summed E-state index contributed by atoms with van der Waals surface area (Å²) in [6.45, 7) is 4.71. The number of methoxy groups -OCH3 is 1. The van der Waals surface area contributed by atoms with Gasteiger partial charge in [-0.15, -0.1) is 0 Å². The first-order valence-electron chi connectivity index (χ1n) is 15.6. The minimum absolute atomic E-state index is 0.0454. The fraction of sp³-hybridized carbons (Fsp3) is 0.457. The molecular formula is C35H43N5O3. The number of nitrogens with one attached hydrogen (secondary N) is 2. The minimum Gasteiger partial charge on any atom is -0.496 e. The summed E-state index contributed by atoms with van der Waals surface area (Å²) in [5.74, 6) is 2.10. The molecule has 226 valence electrons. The Hall–Kier alpha value is -3.91. The van der Waals surface area contributed by atoms with Gasteiger partial charge in [0.2, 0.25) is 0 Å². The third kappa shape index (κ3) is 6.39. The van der Waals surface area contributed by atoms with Crippen LogP contribution in [0, 0.1) is 6.92 Å². The Labute approximate surface area is 254 Å². The maximum atomic E-state index is 13.1. The van der Waals surface area contributed by atoms with Crippen LogP contribution in [0.15, 0.2) is 60.8 Å². The number of rotatable bonds is 8. The van der Waals surface area contributed by atoms with E-state index in [9.17, 15) is 9.59 Å². The average molecular weight is 582 g/mol. The number of carbonyl (C=O) groups excluding carboxylic acids is 2. The first kappa shape index (κ1) is 29.2. The molecular weight excluding hydrogens is 538 g/mol. The van der Waals surface area contributed by atoms with Crippen molar-refractivity contribution in [1.29, 1.82) is 0 Å². The largest absolute Gasteiger partial charge is 0.496 e. The van der Waals surface area contributed by atoms with E-state index < -0.39 is 0 Å².